The lowest BCUT2D eigenvalue weighted by Gasteiger charge is -2.23. The Morgan fingerprint density at radius 2 is 2.19 bits per heavy atom. The van der Waals surface area contributed by atoms with Crippen LogP contribution >= 0.6 is 22.9 Å². The van der Waals surface area contributed by atoms with Gasteiger partial charge in [-0.05, 0) is 29.5 Å². The summed E-state index contributed by atoms with van der Waals surface area (Å²) < 4.78 is 16.2. The summed E-state index contributed by atoms with van der Waals surface area (Å²) in [6, 6.07) is 6.21. The molecular weight excluding hydrogens is 390 g/mol. The maximum atomic E-state index is 12.6. The van der Waals surface area contributed by atoms with E-state index in [0.29, 0.717) is 27.8 Å². The van der Waals surface area contributed by atoms with Crippen molar-refractivity contribution in [1.82, 2.24) is 5.32 Å². The van der Waals surface area contributed by atoms with Crippen molar-refractivity contribution in [2.75, 3.05) is 6.79 Å². The zero-order valence-corrected chi connectivity index (χ0v) is 16.6. The molecule has 8 heteroatoms. The van der Waals surface area contributed by atoms with Crippen LogP contribution < -0.4 is 10.1 Å². The molecule has 0 saturated carbocycles. The number of fused-ring (bicyclic) bond motifs is 1. The number of ether oxygens (including phenoxy) is 3. The average molecular weight is 410 g/mol. The van der Waals surface area contributed by atoms with Gasteiger partial charge in [-0.1, -0.05) is 31.5 Å². The molecule has 6 nitrogen and oxygen atoms in total. The Kier molecular flexibility index (Phi) is 6.36. The fourth-order valence-corrected chi connectivity index (χ4v) is 3.61. The van der Waals surface area contributed by atoms with E-state index in [1.165, 1.54) is 11.3 Å². The fourth-order valence-electron chi connectivity index (χ4n) is 2.72. The second-order valence-electron chi connectivity index (χ2n) is 6.44. The van der Waals surface area contributed by atoms with Crippen molar-refractivity contribution >= 4 is 34.8 Å². The van der Waals surface area contributed by atoms with Crippen LogP contribution in [0.15, 0.2) is 29.6 Å². The van der Waals surface area contributed by atoms with Crippen molar-refractivity contribution < 1.29 is 23.8 Å². The van der Waals surface area contributed by atoms with E-state index in [9.17, 15) is 9.59 Å². The van der Waals surface area contributed by atoms with Crippen molar-refractivity contribution in [1.29, 1.82) is 0 Å². The van der Waals surface area contributed by atoms with Gasteiger partial charge in [-0.15, -0.1) is 11.3 Å². The number of halogens is 1. The van der Waals surface area contributed by atoms with Crippen molar-refractivity contribution in [2.24, 2.45) is 5.92 Å². The van der Waals surface area contributed by atoms with Gasteiger partial charge in [-0.2, -0.15) is 0 Å². The Morgan fingerprint density at radius 1 is 1.37 bits per heavy atom. The number of carbonyl (C=O) groups excluding carboxylic acids is 2. The van der Waals surface area contributed by atoms with Gasteiger partial charge in [0.15, 0.2) is 6.79 Å². The van der Waals surface area contributed by atoms with E-state index in [4.69, 9.17) is 25.8 Å². The summed E-state index contributed by atoms with van der Waals surface area (Å²) in [6.07, 6.45) is 0. The molecule has 0 radical (unpaired) electrons. The lowest BCUT2D eigenvalue weighted by Crippen LogP contribution is -2.45. The number of rotatable bonds is 6. The van der Waals surface area contributed by atoms with Crippen LogP contribution in [-0.4, -0.2) is 24.7 Å². The first-order valence-corrected chi connectivity index (χ1v) is 9.74. The van der Waals surface area contributed by atoms with E-state index in [1.54, 1.807) is 24.3 Å². The summed E-state index contributed by atoms with van der Waals surface area (Å²) >= 11 is 7.45. The Morgan fingerprint density at radius 3 is 2.89 bits per heavy atom. The molecule has 1 aliphatic heterocycles. The van der Waals surface area contributed by atoms with Crippen LogP contribution in [0.25, 0.3) is 0 Å². The SMILES string of the molecule is CC(C)[C@H](NC(=O)c1cccs1)C(=O)OCc1cc(Cl)cc2c1OCOC2. The van der Waals surface area contributed by atoms with Gasteiger partial charge in [0.05, 0.1) is 11.5 Å². The Balaban J connectivity index is 1.68. The van der Waals surface area contributed by atoms with Crippen LogP contribution in [0.2, 0.25) is 5.02 Å². The molecule has 0 aliphatic carbocycles. The lowest BCUT2D eigenvalue weighted by atomic mass is 10.0. The summed E-state index contributed by atoms with van der Waals surface area (Å²) in [5.74, 6) is -0.293. The number of benzene rings is 1. The first kappa shape index (κ1) is 19.7. The van der Waals surface area contributed by atoms with E-state index in [0.717, 1.165) is 5.56 Å². The average Bonchev–Trinajstić information content (AvgIpc) is 3.18. The number of nitrogens with one attached hydrogen (secondary N) is 1. The molecule has 2 aromatic rings. The predicted octanol–water partition coefficient (Wildman–Crippen LogP) is 3.77. The van der Waals surface area contributed by atoms with E-state index in [-0.39, 0.29) is 25.2 Å². The third kappa shape index (κ3) is 4.80. The first-order chi connectivity index (χ1) is 13.0. The van der Waals surface area contributed by atoms with E-state index in [1.807, 2.05) is 19.2 Å². The summed E-state index contributed by atoms with van der Waals surface area (Å²) in [5.41, 5.74) is 1.48. The smallest absolute Gasteiger partial charge is 0.329 e. The van der Waals surface area contributed by atoms with Gasteiger partial charge in [-0.25, -0.2) is 4.79 Å². The maximum absolute atomic E-state index is 12.6. The molecule has 1 aromatic carbocycles. The standard InChI is InChI=1S/C19H20ClNO5S/c1-11(2)16(21-18(22)15-4-3-5-27-15)19(23)25-9-13-7-14(20)6-12-8-24-10-26-17(12)13/h3-7,11,16H,8-10H2,1-2H3,(H,21,22)/t16-/m0/s1. The highest BCUT2D eigenvalue weighted by Gasteiger charge is 2.27. The number of thiophene rings is 1. The Bertz CT molecular complexity index is 822. The molecule has 0 bridgehead atoms. The third-order valence-electron chi connectivity index (χ3n) is 4.07. The van der Waals surface area contributed by atoms with Crippen LogP contribution in [0, 0.1) is 5.92 Å². The highest BCUT2D eigenvalue weighted by atomic mass is 35.5. The Labute approximate surface area is 166 Å². The number of amides is 1. The molecule has 1 aromatic heterocycles. The monoisotopic (exact) mass is 409 g/mol. The van der Waals surface area contributed by atoms with Crippen molar-refractivity contribution in [3.63, 3.8) is 0 Å². The van der Waals surface area contributed by atoms with Gasteiger partial charge in [0.2, 0.25) is 0 Å². The number of carbonyl (C=O) groups is 2. The third-order valence-corrected chi connectivity index (χ3v) is 5.16. The van der Waals surface area contributed by atoms with Crippen LogP contribution in [-0.2, 0) is 27.5 Å². The van der Waals surface area contributed by atoms with Gasteiger partial charge in [0.25, 0.3) is 5.91 Å². The molecule has 0 unspecified atom stereocenters. The lowest BCUT2D eigenvalue weighted by molar-refractivity contribution is -0.148. The van der Waals surface area contributed by atoms with Crippen LogP contribution in [0.3, 0.4) is 0 Å². The molecule has 3 rings (SSSR count). The molecule has 144 valence electrons. The van der Waals surface area contributed by atoms with Gasteiger partial charge in [0.1, 0.15) is 18.4 Å². The minimum absolute atomic E-state index is 0.000179. The second kappa shape index (κ2) is 8.73. The van der Waals surface area contributed by atoms with E-state index in [2.05, 4.69) is 5.32 Å². The van der Waals surface area contributed by atoms with Crippen molar-refractivity contribution in [3.8, 4) is 5.75 Å². The molecule has 2 heterocycles. The van der Waals surface area contributed by atoms with Gasteiger partial charge in [-0.3, -0.25) is 4.79 Å². The van der Waals surface area contributed by atoms with E-state index >= 15 is 0 Å². The molecular formula is C19H20ClNO5S. The molecule has 27 heavy (non-hydrogen) atoms. The van der Waals surface area contributed by atoms with Gasteiger partial charge >= 0.3 is 5.97 Å². The molecule has 1 atom stereocenters. The topological polar surface area (TPSA) is 73.9 Å². The zero-order chi connectivity index (χ0) is 19.4. The minimum atomic E-state index is -0.751. The van der Waals surface area contributed by atoms with Crippen molar-refractivity contribution in [3.05, 3.63) is 50.7 Å². The molecule has 1 amide bonds. The molecule has 0 spiro atoms. The normalized spacial score (nSPS) is 14.2. The quantitative estimate of drug-likeness (QED) is 0.735. The molecule has 1 N–H and O–H groups in total. The summed E-state index contributed by atoms with van der Waals surface area (Å²) in [4.78, 5) is 25.4. The highest BCUT2D eigenvalue weighted by Crippen LogP contribution is 2.32. The summed E-state index contributed by atoms with van der Waals surface area (Å²) in [5, 5.41) is 5.07. The summed E-state index contributed by atoms with van der Waals surface area (Å²) in [7, 11) is 0. The second-order valence-corrected chi connectivity index (χ2v) is 7.83. The Hall–Kier alpha value is -2.09. The molecule has 0 saturated heterocycles. The first-order valence-electron chi connectivity index (χ1n) is 8.48. The minimum Gasteiger partial charge on any atom is -0.467 e. The largest absolute Gasteiger partial charge is 0.467 e. The van der Waals surface area contributed by atoms with E-state index < -0.39 is 12.0 Å². The zero-order valence-electron chi connectivity index (χ0n) is 15.0. The predicted molar refractivity (Wildman–Crippen MR) is 102 cm³/mol. The highest BCUT2D eigenvalue weighted by molar-refractivity contribution is 7.12. The molecule has 1 aliphatic rings. The number of hydrogen-bond acceptors (Lipinski definition) is 6. The van der Waals surface area contributed by atoms with Crippen LogP contribution in [0.4, 0.5) is 0 Å². The summed E-state index contributed by atoms with van der Waals surface area (Å²) in [6.45, 7) is 4.23. The van der Waals surface area contributed by atoms with Crippen LogP contribution in [0.1, 0.15) is 34.6 Å². The maximum Gasteiger partial charge on any atom is 0.329 e. The van der Waals surface area contributed by atoms with Gasteiger partial charge < -0.3 is 19.5 Å². The molecule has 0 fully saturated rings. The van der Waals surface area contributed by atoms with Gasteiger partial charge in [0, 0.05) is 16.1 Å². The number of hydrogen-bond donors (Lipinski definition) is 1. The fraction of sp³-hybridized carbons (Fsp3) is 0.368. The number of esters is 1. The van der Waals surface area contributed by atoms with Crippen LogP contribution in [0.5, 0.6) is 5.75 Å². The van der Waals surface area contributed by atoms with Crippen molar-refractivity contribution in [2.45, 2.75) is 33.1 Å².